The van der Waals surface area contributed by atoms with Gasteiger partial charge >= 0.3 is 6.01 Å². The Bertz CT molecular complexity index is 315. The number of halogens is 1. The summed E-state index contributed by atoms with van der Waals surface area (Å²) in [6.07, 6.45) is 3.97. The van der Waals surface area contributed by atoms with E-state index in [4.69, 9.17) is 16.0 Å². The predicted molar refractivity (Wildman–Crippen MR) is 58.8 cm³/mol. The summed E-state index contributed by atoms with van der Waals surface area (Å²) in [6.45, 7) is 3.22. The Morgan fingerprint density at radius 3 is 2.93 bits per heavy atom. The third-order valence-electron chi connectivity index (χ3n) is 3.14. The molecule has 0 spiro atoms. The molecule has 1 aliphatic rings. The van der Waals surface area contributed by atoms with Crippen molar-refractivity contribution in [2.45, 2.75) is 32.1 Å². The number of anilines is 1. The van der Waals surface area contributed by atoms with Gasteiger partial charge in [0.25, 0.3) is 0 Å². The van der Waals surface area contributed by atoms with Crippen LogP contribution in [-0.2, 0) is 5.88 Å². The molecule has 15 heavy (non-hydrogen) atoms. The molecule has 1 aromatic heterocycles. The largest absolute Gasteiger partial charge is 0.407 e. The van der Waals surface area contributed by atoms with Crippen molar-refractivity contribution in [3.05, 3.63) is 5.89 Å². The lowest BCUT2D eigenvalue weighted by Crippen LogP contribution is -2.16. The minimum absolute atomic E-state index is 0.272. The van der Waals surface area contributed by atoms with E-state index in [0.717, 1.165) is 18.4 Å². The van der Waals surface area contributed by atoms with Crippen LogP contribution in [0.4, 0.5) is 6.01 Å². The van der Waals surface area contributed by atoms with E-state index in [0.29, 0.717) is 11.9 Å². The average molecular weight is 230 g/mol. The molecule has 0 radical (unpaired) electrons. The number of nitrogens with zero attached hydrogens (tertiary/aromatic N) is 2. The van der Waals surface area contributed by atoms with E-state index in [1.165, 1.54) is 19.3 Å². The van der Waals surface area contributed by atoms with E-state index in [1.807, 2.05) is 0 Å². The van der Waals surface area contributed by atoms with Gasteiger partial charge in [0.05, 0.1) is 0 Å². The highest BCUT2D eigenvalue weighted by Gasteiger charge is 2.23. The van der Waals surface area contributed by atoms with Gasteiger partial charge in [-0.25, -0.2) is 0 Å². The zero-order chi connectivity index (χ0) is 10.7. The first kappa shape index (κ1) is 10.7. The normalized spacial score (nSPS) is 25.7. The molecule has 4 nitrogen and oxygen atoms in total. The number of hydrogen-bond acceptors (Lipinski definition) is 4. The number of alkyl halides is 1. The van der Waals surface area contributed by atoms with Crippen molar-refractivity contribution in [3.63, 3.8) is 0 Å². The van der Waals surface area contributed by atoms with Crippen molar-refractivity contribution in [2.24, 2.45) is 11.8 Å². The van der Waals surface area contributed by atoms with Gasteiger partial charge in [-0.2, -0.15) is 0 Å². The summed E-state index contributed by atoms with van der Waals surface area (Å²) in [4.78, 5) is 0. The van der Waals surface area contributed by atoms with Gasteiger partial charge in [-0.15, -0.1) is 16.7 Å². The number of nitrogens with one attached hydrogen (secondary N) is 1. The Hall–Kier alpha value is -0.770. The lowest BCUT2D eigenvalue weighted by Gasteiger charge is -2.14. The first-order valence-corrected chi connectivity index (χ1v) is 5.95. The van der Waals surface area contributed by atoms with Gasteiger partial charge in [-0.1, -0.05) is 24.9 Å². The summed E-state index contributed by atoms with van der Waals surface area (Å²) >= 11 is 5.57. The molecule has 0 bridgehead atoms. The van der Waals surface area contributed by atoms with E-state index in [9.17, 15) is 0 Å². The summed E-state index contributed by atoms with van der Waals surface area (Å²) in [7, 11) is 0. The monoisotopic (exact) mass is 229 g/mol. The smallest absolute Gasteiger partial charge is 0.315 e. The van der Waals surface area contributed by atoms with Crippen LogP contribution < -0.4 is 5.32 Å². The Morgan fingerprint density at radius 2 is 2.33 bits per heavy atom. The third-order valence-corrected chi connectivity index (χ3v) is 3.36. The Balaban J connectivity index is 1.82. The van der Waals surface area contributed by atoms with Crippen molar-refractivity contribution in [3.8, 4) is 0 Å². The van der Waals surface area contributed by atoms with Crippen LogP contribution in [0.25, 0.3) is 0 Å². The maximum atomic E-state index is 5.57. The number of hydrogen-bond donors (Lipinski definition) is 1. The Labute approximate surface area is 94.4 Å². The van der Waals surface area contributed by atoms with Crippen LogP contribution >= 0.6 is 11.6 Å². The van der Waals surface area contributed by atoms with E-state index in [-0.39, 0.29) is 5.88 Å². The molecule has 2 rings (SSSR count). The van der Waals surface area contributed by atoms with Crippen LogP contribution in [-0.4, -0.2) is 16.7 Å². The quantitative estimate of drug-likeness (QED) is 0.807. The van der Waals surface area contributed by atoms with Crippen molar-refractivity contribution < 1.29 is 4.42 Å². The minimum Gasteiger partial charge on any atom is -0.407 e. The third kappa shape index (κ3) is 2.62. The molecule has 1 heterocycles. The molecule has 1 fully saturated rings. The fourth-order valence-corrected chi connectivity index (χ4v) is 2.23. The molecule has 1 aliphatic carbocycles. The minimum atomic E-state index is 0.272. The molecule has 84 valence electrons. The molecule has 0 aliphatic heterocycles. The molecule has 5 heteroatoms. The molecule has 2 atom stereocenters. The molecule has 0 saturated heterocycles. The molecule has 2 unspecified atom stereocenters. The number of aromatic nitrogens is 2. The fraction of sp³-hybridized carbons (Fsp3) is 0.800. The van der Waals surface area contributed by atoms with Crippen molar-refractivity contribution in [2.75, 3.05) is 11.9 Å². The van der Waals surface area contributed by atoms with Gasteiger partial charge in [0.15, 0.2) is 0 Å². The average Bonchev–Trinajstić information content (AvgIpc) is 2.84. The molecular formula is C10H16ClN3O. The summed E-state index contributed by atoms with van der Waals surface area (Å²) in [5.41, 5.74) is 0. The molecule has 1 aromatic rings. The zero-order valence-corrected chi connectivity index (χ0v) is 9.63. The van der Waals surface area contributed by atoms with Gasteiger partial charge in [-0.3, -0.25) is 0 Å². The van der Waals surface area contributed by atoms with Crippen LogP contribution in [0.5, 0.6) is 0 Å². The summed E-state index contributed by atoms with van der Waals surface area (Å²) in [5, 5.41) is 10.8. The first-order valence-electron chi connectivity index (χ1n) is 5.42. The summed E-state index contributed by atoms with van der Waals surface area (Å²) in [5.74, 6) is 2.28. The van der Waals surface area contributed by atoms with E-state index in [1.54, 1.807) is 0 Å². The van der Waals surface area contributed by atoms with Crippen molar-refractivity contribution in [1.29, 1.82) is 0 Å². The topological polar surface area (TPSA) is 51.0 Å². The maximum Gasteiger partial charge on any atom is 0.315 e. The second-order valence-corrected chi connectivity index (χ2v) is 4.45. The molecule has 1 saturated carbocycles. The highest BCUT2D eigenvalue weighted by Crippen LogP contribution is 2.31. The zero-order valence-electron chi connectivity index (χ0n) is 8.87. The molecule has 0 aromatic carbocycles. The number of rotatable bonds is 4. The van der Waals surface area contributed by atoms with E-state index >= 15 is 0 Å². The lowest BCUT2D eigenvalue weighted by molar-refractivity contribution is 0.431. The van der Waals surface area contributed by atoms with E-state index in [2.05, 4.69) is 22.4 Å². The Morgan fingerprint density at radius 1 is 1.47 bits per heavy atom. The molecule has 1 N–H and O–H groups in total. The first-order chi connectivity index (χ1) is 7.29. The van der Waals surface area contributed by atoms with Crippen LogP contribution in [0.2, 0.25) is 0 Å². The SMILES string of the molecule is CC1CCCC1CNc1nnc(CCl)o1. The highest BCUT2D eigenvalue weighted by molar-refractivity contribution is 6.16. The van der Waals surface area contributed by atoms with Crippen LogP contribution in [0.1, 0.15) is 32.1 Å². The van der Waals surface area contributed by atoms with Crippen molar-refractivity contribution >= 4 is 17.6 Å². The second kappa shape index (κ2) is 4.84. The van der Waals surface area contributed by atoms with Gasteiger partial charge in [0.1, 0.15) is 5.88 Å². The molecular weight excluding hydrogens is 214 g/mol. The Kier molecular flexibility index (Phi) is 3.46. The van der Waals surface area contributed by atoms with Crippen LogP contribution in [0, 0.1) is 11.8 Å². The predicted octanol–water partition coefficient (Wildman–Crippen LogP) is 2.66. The van der Waals surface area contributed by atoms with Gasteiger partial charge in [0.2, 0.25) is 5.89 Å². The summed E-state index contributed by atoms with van der Waals surface area (Å²) < 4.78 is 5.26. The van der Waals surface area contributed by atoms with Crippen LogP contribution in [0.15, 0.2) is 4.42 Å². The lowest BCUT2D eigenvalue weighted by atomic mass is 9.98. The standard InChI is InChI=1S/C10H16ClN3O/c1-7-3-2-4-8(7)6-12-10-14-13-9(5-11)15-10/h7-8H,2-6H2,1H3,(H,12,14). The second-order valence-electron chi connectivity index (χ2n) is 4.18. The van der Waals surface area contributed by atoms with Gasteiger partial charge < -0.3 is 9.73 Å². The fourth-order valence-electron chi connectivity index (χ4n) is 2.12. The maximum absolute atomic E-state index is 5.57. The van der Waals surface area contributed by atoms with Gasteiger partial charge in [-0.05, 0) is 18.3 Å². The molecule has 0 amide bonds. The highest BCUT2D eigenvalue weighted by atomic mass is 35.5. The van der Waals surface area contributed by atoms with Crippen LogP contribution in [0.3, 0.4) is 0 Å². The van der Waals surface area contributed by atoms with E-state index < -0.39 is 0 Å². The van der Waals surface area contributed by atoms with Crippen molar-refractivity contribution in [1.82, 2.24) is 10.2 Å². The van der Waals surface area contributed by atoms with Gasteiger partial charge in [0, 0.05) is 6.54 Å². The summed E-state index contributed by atoms with van der Waals surface area (Å²) in [6, 6.07) is 0.491.